The molecule has 2 nitrogen and oxygen atoms in total. The molecule has 0 N–H and O–H groups in total. The maximum absolute atomic E-state index is 11.7. The number of amides is 1. The van der Waals surface area contributed by atoms with Crippen molar-refractivity contribution in [2.75, 3.05) is 17.3 Å². The highest BCUT2D eigenvalue weighted by atomic mass is 79.9. The molecule has 86 valence electrons. The van der Waals surface area contributed by atoms with Crippen molar-refractivity contribution in [1.82, 2.24) is 0 Å². The van der Waals surface area contributed by atoms with Crippen molar-refractivity contribution in [1.29, 1.82) is 0 Å². The predicted molar refractivity (Wildman–Crippen MR) is 70.5 cm³/mol. The molecule has 1 aliphatic heterocycles. The molecule has 0 radical (unpaired) electrons. The van der Waals surface area contributed by atoms with Gasteiger partial charge in [0.15, 0.2) is 0 Å². The van der Waals surface area contributed by atoms with Gasteiger partial charge in [0.1, 0.15) is 5.88 Å². The number of carbonyl (C=O) groups is 1. The van der Waals surface area contributed by atoms with Crippen molar-refractivity contribution in [3.05, 3.63) is 27.2 Å². The third-order valence-electron chi connectivity index (χ3n) is 2.62. The first-order chi connectivity index (χ1) is 7.63. The minimum absolute atomic E-state index is 0.00844. The number of anilines is 1. The number of aryl methyl sites for hydroxylation is 1. The minimum Gasteiger partial charge on any atom is -0.310 e. The Labute approximate surface area is 113 Å². The van der Waals surface area contributed by atoms with Crippen LogP contribution in [0.1, 0.15) is 12.0 Å². The Balaban J connectivity index is 2.49. The average molecular weight is 323 g/mol. The smallest absolute Gasteiger partial charge is 0.241 e. The summed E-state index contributed by atoms with van der Waals surface area (Å²) in [5.41, 5.74) is 2.02. The number of benzene rings is 1. The molecule has 0 spiro atoms. The van der Waals surface area contributed by atoms with E-state index in [2.05, 4.69) is 15.9 Å². The number of carbonyl (C=O) groups excluding carboxylic acids is 1. The first-order valence-corrected chi connectivity index (χ1v) is 6.68. The third-order valence-corrected chi connectivity index (χ3v) is 3.67. The van der Waals surface area contributed by atoms with Crippen molar-refractivity contribution < 1.29 is 4.79 Å². The van der Waals surface area contributed by atoms with E-state index in [9.17, 15) is 4.79 Å². The number of rotatable bonds is 1. The Morgan fingerprint density at radius 3 is 2.94 bits per heavy atom. The molecule has 0 atom stereocenters. The van der Waals surface area contributed by atoms with Crippen molar-refractivity contribution in [3.8, 4) is 0 Å². The van der Waals surface area contributed by atoms with Gasteiger partial charge >= 0.3 is 0 Å². The second kappa shape index (κ2) is 4.94. The Kier molecular flexibility index (Phi) is 3.77. The van der Waals surface area contributed by atoms with Crippen LogP contribution in [0.15, 0.2) is 16.6 Å². The van der Waals surface area contributed by atoms with Crippen molar-refractivity contribution in [2.45, 2.75) is 12.8 Å². The summed E-state index contributed by atoms with van der Waals surface area (Å²) in [5, 5.41) is 0.686. The fraction of sp³-hybridized carbons (Fsp3) is 0.364. The lowest BCUT2D eigenvalue weighted by atomic mass is 10.0. The minimum atomic E-state index is -0.0642. The summed E-state index contributed by atoms with van der Waals surface area (Å²) in [6, 6.07) is 3.72. The topological polar surface area (TPSA) is 20.3 Å². The van der Waals surface area contributed by atoms with Crippen LogP contribution in [0.5, 0.6) is 0 Å². The van der Waals surface area contributed by atoms with Gasteiger partial charge < -0.3 is 4.90 Å². The first-order valence-electron chi connectivity index (χ1n) is 4.97. The van der Waals surface area contributed by atoms with E-state index in [1.54, 1.807) is 11.0 Å². The molecule has 1 heterocycles. The van der Waals surface area contributed by atoms with Crippen LogP contribution >= 0.6 is 39.1 Å². The Hall–Kier alpha value is -0.250. The number of nitrogens with zero attached hydrogens (tertiary/aromatic N) is 1. The zero-order chi connectivity index (χ0) is 11.7. The van der Waals surface area contributed by atoms with E-state index >= 15 is 0 Å². The molecule has 0 aromatic heterocycles. The lowest BCUT2D eigenvalue weighted by molar-refractivity contribution is -0.116. The highest BCUT2D eigenvalue weighted by Gasteiger charge is 2.24. The fourth-order valence-corrected chi connectivity index (χ4v) is 3.21. The highest BCUT2D eigenvalue weighted by molar-refractivity contribution is 9.10. The van der Waals surface area contributed by atoms with Crippen LogP contribution in [0.4, 0.5) is 5.69 Å². The molecule has 1 aliphatic rings. The number of fused-ring (bicyclic) bond motifs is 1. The summed E-state index contributed by atoms with van der Waals surface area (Å²) < 4.78 is 0.855. The van der Waals surface area contributed by atoms with Crippen LogP contribution in [0.3, 0.4) is 0 Å². The van der Waals surface area contributed by atoms with E-state index in [0.29, 0.717) is 5.02 Å². The van der Waals surface area contributed by atoms with Crippen LogP contribution in [0.25, 0.3) is 0 Å². The molecule has 0 aliphatic carbocycles. The van der Waals surface area contributed by atoms with Crippen molar-refractivity contribution in [2.24, 2.45) is 0 Å². The van der Waals surface area contributed by atoms with Crippen LogP contribution in [0, 0.1) is 0 Å². The Morgan fingerprint density at radius 1 is 1.50 bits per heavy atom. The lowest BCUT2D eigenvalue weighted by Crippen LogP contribution is -2.36. The normalized spacial score (nSPS) is 14.8. The van der Waals surface area contributed by atoms with E-state index in [1.165, 1.54) is 0 Å². The van der Waals surface area contributed by atoms with Crippen molar-refractivity contribution in [3.63, 3.8) is 0 Å². The molecule has 0 saturated carbocycles. The largest absolute Gasteiger partial charge is 0.310 e. The summed E-state index contributed by atoms with van der Waals surface area (Å²) in [6.45, 7) is 0.721. The van der Waals surface area contributed by atoms with Gasteiger partial charge in [0, 0.05) is 16.0 Å². The van der Waals surface area contributed by atoms with Gasteiger partial charge in [0.2, 0.25) is 5.91 Å². The SMILES string of the molecule is O=C(CCl)N1CCCc2cc(Cl)cc(Br)c21. The zero-order valence-corrected chi connectivity index (χ0v) is 11.6. The fourth-order valence-electron chi connectivity index (χ4n) is 1.97. The molecular formula is C11H10BrCl2NO. The molecule has 5 heteroatoms. The standard InChI is InChI=1S/C11H10BrCl2NO/c12-9-5-8(14)4-7-2-1-3-15(11(7)9)10(16)6-13/h4-5H,1-3,6H2. The van der Waals surface area contributed by atoms with Gasteiger partial charge in [0.25, 0.3) is 0 Å². The zero-order valence-electron chi connectivity index (χ0n) is 8.47. The number of hydrogen-bond donors (Lipinski definition) is 0. The molecule has 0 bridgehead atoms. The first kappa shape index (κ1) is 12.2. The van der Waals surface area contributed by atoms with E-state index in [4.69, 9.17) is 23.2 Å². The quantitative estimate of drug-likeness (QED) is 0.723. The molecule has 1 aromatic rings. The van der Waals surface area contributed by atoms with Crippen LogP contribution in [0.2, 0.25) is 5.02 Å². The van der Waals surface area contributed by atoms with Gasteiger partial charge in [-0.25, -0.2) is 0 Å². The van der Waals surface area contributed by atoms with Crippen LogP contribution < -0.4 is 4.90 Å². The van der Waals surface area contributed by atoms with Gasteiger partial charge in [-0.1, -0.05) is 11.6 Å². The molecule has 1 aromatic carbocycles. The van der Waals surface area contributed by atoms with Gasteiger partial charge in [-0.3, -0.25) is 4.79 Å². The van der Waals surface area contributed by atoms with Gasteiger partial charge in [0.05, 0.1) is 5.69 Å². The average Bonchev–Trinajstić information content (AvgIpc) is 2.26. The molecular weight excluding hydrogens is 313 g/mol. The van der Waals surface area contributed by atoms with Gasteiger partial charge in [-0.2, -0.15) is 0 Å². The van der Waals surface area contributed by atoms with E-state index in [-0.39, 0.29) is 11.8 Å². The Bertz CT molecular complexity index is 436. The van der Waals surface area contributed by atoms with Gasteiger partial charge in [-0.15, -0.1) is 11.6 Å². The van der Waals surface area contributed by atoms with Crippen LogP contribution in [-0.4, -0.2) is 18.3 Å². The summed E-state index contributed by atoms with van der Waals surface area (Å²) in [7, 11) is 0. The van der Waals surface area contributed by atoms with Gasteiger partial charge in [-0.05, 0) is 46.5 Å². The molecule has 2 rings (SSSR count). The number of alkyl halides is 1. The second-order valence-corrected chi connectivity index (χ2v) is 5.24. The number of halogens is 3. The molecule has 1 amide bonds. The maximum atomic E-state index is 11.7. The third kappa shape index (κ3) is 2.22. The predicted octanol–water partition coefficient (Wildman–Crippen LogP) is 3.62. The van der Waals surface area contributed by atoms with E-state index in [0.717, 1.165) is 35.1 Å². The molecule has 0 unspecified atom stereocenters. The summed E-state index contributed by atoms with van der Waals surface area (Å²) >= 11 is 15.0. The summed E-state index contributed by atoms with van der Waals surface area (Å²) in [6.07, 6.45) is 1.89. The van der Waals surface area contributed by atoms with Crippen LogP contribution in [-0.2, 0) is 11.2 Å². The maximum Gasteiger partial charge on any atom is 0.241 e. The molecule has 16 heavy (non-hydrogen) atoms. The van der Waals surface area contributed by atoms with Crippen molar-refractivity contribution >= 4 is 50.7 Å². The summed E-state index contributed by atoms with van der Waals surface area (Å²) in [4.78, 5) is 13.4. The monoisotopic (exact) mass is 321 g/mol. The second-order valence-electron chi connectivity index (χ2n) is 3.68. The molecule has 0 fully saturated rings. The lowest BCUT2D eigenvalue weighted by Gasteiger charge is -2.30. The highest BCUT2D eigenvalue weighted by Crippen LogP contribution is 2.37. The van der Waals surface area contributed by atoms with E-state index in [1.807, 2.05) is 6.07 Å². The number of hydrogen-bond acceptors (Lipinski definition) is 1. The Morgan fingerprint density at radius 2 is 2.25 bits per heavy atom. The molecule has 0 saturated heterocycles. The van der Waals surface area contributed by atoms with E-state index < -0.39 is 0 Å². The summed E-state index contributed by atoms with van der Waals surface area (Å²) in [5.74, 6) is -0.0558.